The summed E-state index contributed by atoms with van der Waals surface area (Å²) in [6, 6.07) is 1.19. The third-order valence-electron chi connectivity index (χ3n) is 2.86. The minimum atomic E-state index is 0.595. The summed E-state index contributed by atoms with van der Waals surface area (Å²) in [6.07, 6.45) is 8.29. The van der Waals surface area contributed by atoms with Gasteiger partial charge < -0.3 is 10.6 Å². The first-order chi connectivity index (χ1) is 7.66. The lowest BCUT2D eigenvalue weighted by atomic mass is 10.1. The molecule has 98 valence electrons. The topological polar surface area (TPSA) is 24.1 Å². The Labute approximate surface area is 103 Å². The van der Waals surface area contributed by atoms with Crippen LogP contribution in [0.3, 0.4) is 0 Å². The SMILES string of the molecule is CCCCCCCCNC(C)CNC(C)C. The molecule has 0 aromatic carbocycles. The Morgan fingerprint density at radius 3 is 2.06 bits per heavy atom. The smallest absolute Gasteiger partial charge is 0.0164 e. The largest absolute Gasteiger partial charge is 0.313 e. The lowest BCUT2D eigenvalue weighted by Crippen LogP contribution is -2.39. The van der Waals surface area contributed by atoms with Crippen LogP contribution in [0.2, 0.25) is 0 Å². The molecule has 0 rings (SSSR count). The summed E-state index contributed by atoms with van der Waals surface area (Å²) in [4.78, 5) is 0. The highest BCUT2D eigenvalue weighted by Gasteiger charge is 2.00. The zero-order chi connectivity index (χ0) is 12.2. The minimum Gasteiger partial charge on any atom is -0.313 e. The number of unbranched alkanes of at least 4 members (excludes halogenated alkanes) is 5. The van der Waals surface area contributed by atoms with Crippen LogP contribution in [0.25, 0.3) is 0 Å². The van der Waals surface area contributed by atoms with Crippen molar-refractivity contribution >= 4 is 0 Å². The Balaban J connectivity index is 3.12. The Morgan fingerprint density at radius 1 is 0.812 bits per heavy atom. The van der Waals surface area contributed by atoms with Crippen molar-refractivity contribution in [1.29, 1.82) is 0 Å². The molecule has 0 heterocycles. The first kappa shape index (κ1) is 15.9. The maximum absolute atomic E-state index is 3.57. The number of rotatable bonds is 11. The fraction of sp³-hybridized carbons (Fsp3) is 1.00. The summed E-state index contributed by atoms with van der Waals surface area (Å²) < 4.78 is 0. The number of nitrogens with one attached hydrogen (secondary N) is 2. The van der Waals surface area contributed by atoms with Gasteiger partial charge in [0, 0.05) is 18.6 Å². The van der Waals surface area contributed by atoms with Crippen molar-refractivity contribution < 1.29 is 0 Å². The molecule has 0 saturated heterocycles. The fourth-order valence-corrected chi connectivity index (χ4v) is 1.74. The van der Waals surface area contributed by atoms with E-state index in [0.717, 1.165) is 6.54 Å². The molecule has 16 heavy (non-hydrogen) atoms. The number of hydrogen-bond donors (Lipinski definition) is 2. The van der Waals surface area contributed by atoms with E-state index in [0.29, 0.717) is 12.1 Å². The maximum atomic E-state index is 3.57. The first-order valence-corrected chi connectivity index (χ1v) is 7.13. The third kappa shape index (κ3) is 12.0. The van der Waals surface area contributed by atoms with Gasteiger partial charge in [0.05, 0.1) is 0 Å². The zero-order valence-corrected chi connectivity index (χ0v) is 11.8. The molecule has 0 aliphatic carbocycles. The van der Waals surface area contributed by atoms with E-state index in [9.17, 15) is 0 Å². The predicted molar refractivity (Wildman–Crippen MR) is 74.0 cm³/mol. The molecule has 0 aromatic heterocycles. The first-order valence-electron chi connectivity index (χ1n) is 7.13. The fourth-order valence-electron chi connectivity index (χ4n) is 1.74. The molecule has 0 amide bonds. The molecular formula is C14H32N2. The summed E-state index contributed by atoms with van der Waals surface area (Å²) in [5, 5.41) is 7.02. The van der Waals surface area contributed by atoms with E-state index in [1.807, 2.05) is 0 Å². The molecule has 0 saturated carbocycles. The van der Waals surface area contributed by atoms with E-state index < -0.39 is 0 Å². The summed E-state index contributed by atoms with van der Waals surface area (Å²) in [5.41, 5.74) is 0. The molecule has 2 heteroatoms. The second-order valence-electron chi connectivity index (χ2n) is 5.19. The van der Waals surface area contributed by atoms with E-state index in [1.165, 1.54) is 45.1 Å². The number of hydrogen-bond acceptors (Lipinski definition) is 2. The van der Waals surface area contributed by atoms with Crippen molar-refractivity contribution in [1.82, 2.24) is 10.6 Å². The molecule has 0 spiro atoms. The average Bonchev–Trinajstić information content (AvgIpc) is 2.25. The van der Waals surface area contributed by atoms with Gasteiger partial charge in [-0.1, -0.05) is 52.9 Å². The highest BCUT2D eigenvalue weighted by Crippen LogP contribution is 2.04. The molecule has 0 aliphatic rings. The Kier molecular flexibility index (Phi) is 11.3. The zero-order valence-electron chi connectivity index (χ0n) is 11.8. The quantitative estimate of drug-likeness (QED) is 0.530. The van der Waals surface area contributed by atoms with Crippen LogP contribution in [0.15, 0.2) is 0 Å². The summed E-state index contributed by atoms with van der Waals surface area (Å²) in [6.45, 7) is 11.2. The van der Waals surface area contributed by atoms with Crippen LogP contribution in [0.1, 0.15) is 66.2 Å². The Hall–Kier alpha value is -0.0800. The van der Waals surface area contributed by atoms with E-state index in [-0.39, 0.29) is 0 Å². The van der Waals surface area contributed by atoms with E-state index >= 15 is 0 Å². The summed E-state index contributed by atoms with van der Waals surface area (Å²) in [7, 11) is 0. The third-order valence-corrected chi connectivity index (χ3v) is 2.86. The van der Waals surface area contributed by atoms with E-state index in [2.05, 4.69) is 38.3 Å². The van der Waals surface area contributed by atoms with Gasteiger partial charge in [0.2, 0.25) is 0 Å². The lowest BCUT2D eigenvalue weighted by Gasteiger charge is -2.16. The molecule has 0 aromatic rings. The van der Waals surface area contributed by atoms with Crippen LogP contribution in [-0.4, -0.2) is 25.2 Å². The minimum absolute atomic E-state index is 0.595. The van der Waals surface area contributed by atoms with Gasteiger partial charge in [0.1, 0.15) is 0 Å². The molecule has 0 aliphatic heterocycles. The van der Waals surface area contributed by atoms with Crippen LogP contribution in [-0.2, 0) is 0 Å². The molecule has 0 radical (unpaired) electrons. The molecule has 1 atom stereocenters. The van der Waals surface area contributed by atoms with Gasteiger partial charge in [0.15, 0.2) is 0 Å². The van der Waals surface area contributed by atoms with Gasteiger partial charge in [-0.2, -0.15) is 0 Å². The van der Waals surface area contributed by atoms with Crippen molar-refractivity contribution in [3.05, 3.63) is 0 Å². The van der Waals surface area contributed by atoms with Crippen LogP contribution < -0.4 is 10.6 Å². The molecule has 1 unspecified atom stereocenters. The second kappa shape index (κ2) is 11.4. The van der Waals surface area contributed by atoms with E-state index in [4.69, 9.17) is 0 Å². The standard InChI is InChI=1S/C14H32N2/c1-5-6-7-8-9-10-11-15-14(4)12-16-13(2)3/h13-16H,5-12H2,1-4H3. The lowest BCUT2D eigenvalue weighted by molar-refractivity contribution is 0.463. The highest BCUT2D eigenvalue weighted by atomic mass is 15.0. The van der Waals surface area contributed by atoms with Crippen molar-refractivity contribution in [3.8, 4) is 0 Å². The predicted octanol–water partition coefficient (Wildman–Crippen LogP) is 3.32. The van der Waals surface area contributed by atoms with Crippen LogP contribution in [0.5, 0.6) is 0 Å². The monoisotopic (exact) mass is 228 g/mol. The maximum Gasteiger partial charge on any atom is 0.0164 e. The van der Waals surface area contributed by atoms with Gasteiger partial charge in [-0.15, -0.1) is 0 Å². The highest BCUT2D eigenvalue weighted by molar-refractivity contribution is 4.65. The summed E-state index contributed by atoms with van der Waals surface area (Å²) >= 11 is 0. The summed E-state index contributed by atoms with van der Waals surface area (Å²) in [5.74, 6) is 0. The van der Waals surface area contributed by atoms with Crippen LogP contribution in [0.4, 0.5) is 0 Å². The Bertz CT molecular complexity index is 135. The second-order valence-corrected chi connectivity index (χ2v) is 5.19. The van der Waals surface area contributed by atoms with Gasteiger partial charge in [0.25, 0.3) is 0 Å². The molecule has 2 N–H and O–H groups in total. The average molecular weight is 228 g/mol. The van der Waals surface area contributed by atoms with Gasteiger partial charge in [-0.25, -0.2) is 0 Å². The van der Waals surface area contributed by atoms with Gasteiger partial charge in [-0.05, 0) is 19.9 Å². The van der Waals surface area contributed by atoms with Crippen LogP contribution >= 0.6 is 0 Å². The van der Waals surface area contributed by atoms with Gasteiger partial charge >= 0.3 is 0 Å². The Morgan fingerprint density at radius 2 is 1.44 bits per heavy atom. The molecule has 0 fully saturated rings. The van der Waals surface area contributed by atoms with Crippen molar-refractivity contribution in [2.24, 2.45) is 0 Å². The van der Waals surface area contributed by atoms with Crippen LogP contribution in [0, 0.1) is 0 Å². The van der Waals surface area contributed by atoms with E-state index in [1.54, 1.807) is 0 Å². The normalized spacial score (nSPS) is 13.3. The van der Waals surface area contributed by atoms with Crippen molar-refractivity contribution in [3.63, 3.8) is 0 Å². The molecule has 0 bridgehead atoms. The van der Waals surface area contributed by atoms with Crippen molar-refractivity contribution in [2.75, 3.05) is 13.1 Å². The van der Waals surface area contributed by atoms with Crippen molar-refractivity contribution in [2.45, 2.75) is 78.3 Å². The molecular weight excluding hydrogens is 196 g/mol. The van der Waals surface area contributed by atoms with Gasteiger partial charge in [-0.3, -0.25) is 0 Å². The molecule has 2 nitrogen and oxygen atoms in total.